The summed E-state index contributed by atoms with van der Waals surface area (Å²) in [4.78, 5) is 8.77. The van der Waals surface area contributed by atoms with E-state index in [-0.39, 0.29) is 15.5 Å². The Bertz CT molecular complexity index is 215. The quantitative estimate of drug-likeness (QED) is 0.553. The van der Waals surface area contributed by atoms with E-state index in [9.17, 15) is 0 Å². The number of aromatic hydroxyl groups is 1. The molecule has 52 valence electrons. The highest BCUT2D eigenvalue weighted by Gasteiger charge is 2.02. The van der Waals surface area contributed by atoms with Gasteiger partial charge in [0.25, 0.3) is 9.76 Å². The number of hydrogen-bond donors (Lipinski definition) is 2. The van der Waals surface area contributed by atoms with Crippen LogP contribution in [-0.4, -0.2) is 19.7 Å². The van der Waals surface area contributed by atoms with Crippen LogP contribution < -0.4 is 5.19 Å². The van der Waals surface area contributed by atoms with Crippen LogP contribution in [0.2, 0.25) is 0 Å². The van der Waals surface area contributed by atoms with Crippen molar-refractivity contribution in [2.24, 2.45) is 0 Å². The van der Waals surface area contributed by atoms with Gasteiger partial charge in [-0.1, -0.05) is 12.1 Å². The lowest BCUT2D eigenvalue weighted by atomic mass is 10.2. The lowest BCUT2D eigenvalue weighted by Gasteiger charge is -2.01. The van der Waals surface area contributed by atoms with Crippen LogP contribution >= 0.6 is 0 Å². The Morgan fingerprint density at radius 2 is 2.10 bits per heavy atom. The van der Waals surface area contributed by atoms with Gasteiger partial charge in [0.2, 0.25) is 0 Å². The molecule has 2 radical (unpaired) electrons. The molecule has 3 heteroatoms. The van der Waals surface area contributed by atoms with E-state index in [4.69, 9.17) is 9.90 Å². The van der Waals surface area contributed by atoms with Crippen molar-refractivity contribution in [1.82, 2.24) is 0 Å². The molecule has 0 unspecified atom stereocenters. The molecule has 0 heterocycles. The minimum atomic E-state index is -0.322. The van der Waals surface area contributed by atoms with Gasteiger partial charge in [0, 0.05) is 5.19 Å². The van der Waals surface area contributed by atoms with Crippen molar-refractivity contribution in [3.05, 3.63) is 23.8 Å². The highest BCUT2D eigenvalue weighted by atomic mass is 28.2. The molecule has 1 rings (SSSR count). The first-order valence-corrected chi connectivity index (χ1v) is 3.89. The minimum absolute atomic E-state index is 0.181. The van der Waals surface area contributed by atoms with Crippen molar-refractivity contribution < 1.29 is 9.90 Å². The summed E-state index contributed by atoms with van der Waals surface area (Å²) in [5, 5.41) is 9.78. The largest absolute Gasteiger partial charge is 0.508 e. The lowest BCUT2D eigenvalue weighted by molar-refractivity contribution is 0.477. The molecule has 0 amide bonds. The number of rotatable bonds is 1. The Morgan fingerprint density at radius 1 is 1.40 bits per heavy atom. The first-order valence-electron chi connectivity index (χ1n) is 2.94. The third-order valence-corrected chi connectivity index (χ3v) is 2.24. The van der Waals surface area contributed by atoms with Crippen molar-refractivity contribution in [3.63, 3.8) is 0 Å². The predicted molar refractivity (Wildman–Crippen MR) is 40.5 cm³/mol. The zero-order valence-electron chi connectivity index (χ0n) is 5.63. The molecule has 0 fully saturated rings. The van der Waals surface area contributed by atoms with Crippen molar-refractivity contribution in [3.8, 4) is 5.75 Å². The van der Waals surface area contributed by atoms with E-state index in [0.717, 1.165) is 5.56 Å². The van der Waals surface area contributed by atoms with Gasteiger partial charge < -0.3 is 9.90 Å². The second kappa shape index (κ2) is 2.85. The van der Waals surface area contributed by atoms with Crippen LogP contribution in [0.3, 0.4) is 0 Å². The Labute approximate surface area is 62.1 Å². The summed E-state index contributed by atoms with van der Waals surface area (Å²) in [6, 6.07) is 5.19. The predicted octanol–water partition coefficient (Wildman–Crippen LogP) is -0.0626. The Kier molecular flexibility index (Phi) is 2.08. The standard InChI is InChI=1S/C7H8O2Si/c1-5-3-2-4-6(8)7(5)10-9/h2-4,8-9H,1H3. The summed E-state index contributed by atoms with van der Waals surface area (Å²) in [5.74, 6) is 0.181. The van der Waals surface area contributed by atoms with E-state index in [2.05, 4.69) is 0 Å². The molecule has 1 aromatic rings. The van der Waals surface area contributed by atoms with Crippen molar-refractivity contribution in [1.29, 1.82) is 0 Å². The van der Waals surface area contributed by atoms with E-state index < -0.39 is 0 Å². The first kappa shape index (κ1) is 7.31. The SMILES string of the molecule is Cc1cccc(O)c1[Si]O. The minimum Gasteiger partial charge on any atom is -0.508 e. The average molecular weight is 152 g/mol. The molecule has 0 aliphatic heterocycles. The van der Waals surface area contributed by atoms with Gasteiger partial charge in [0.05, 0.1) is 0 Å². The van der Waals surface area contributed by atoms with Gasteiger partial charge in [-0.2, -0.15) is 0 Å². The molecule has 0 aliphatic carbocycles. The average Bonchev–Trinajstić information content (AvgIpc) is 1.88. The highest BCUT2D eigenvalue weighted by molar-refractivity contribution is 6.47. The maximum absolute atomic E-state index is 9.14. The third kappa shape index (κ3) is 1.20. The summed E-state index contributed by atoms with van der Waals surface area (Å²) in [7, 11) is -0.322. The van der Waals surface area contributed by atoms with Crippen LogP contribution in [0, 0.1) is 6.92 Å². The van der Waals surface area contributed by atoms with Crippen LogP contribution in [-0.2, 0) is 0 Å². The van der Waals surface area contributed by atoms with Gasteiger partial charge in [0.1, 0.15) is 5.75 Å². The molecule has 0 bridgehead atoms. The number of benzene rings is 1. The summed E-state index contributed by atoms with van der Waals surface area (Å²) in [6.45, 7) is 1.86. The zero-order valence-corrected chi connectivity index (χ0v) is 6.63. The number of phenols is 1. The van der Waals surface area contributed by atoms with Gasteiger partial charge in [-0.25, -0.2) is 0 Å². The van der Waals surface area contributed by atoms with Crippen molar-refractivity contribution in [2.45, 2.75) is 6.92 Å². The van der Waals surface area contributed by atoms with Crippen LogP contribution in [0.25, 0.3) is 0 Å². The van der Waals surface area contributed by atoms with Gasteiger partial charge in [-0.3, -0.25) is 0 Å². The van der Waals surface area contributed by atoms with Gasteiger partial charge in [0.15, 0.2) is 0 Å². The summed E-state index contributed by atoms with van der Waals surface area (Å²) in [5.41, 5.74) is 0.931. The summed E-state index contributed by atoms with van der Waals surface area (Å²) >= 11 is 0. The van der Waals surface area contributed by atoms with Crippen LogP contribution in [0.15, 0.2) is 18.2 Å². The van der Waals surface area contributed by atoms with Crippen LogP contribution in [0.4, 0.5) is 0 Å². The second-order valence-electron chi connectivity index (χ2n) is 2.08. The molecule has 0 aliphatic rings. The van der Waals surface area contributed by atoms with Gasteiger partial charge in [-0.05, 0) is 18.6 Å². The number of aryl methyl sites for hydroxylation is 1. The molecule has 10 heavy (non-hydrogen) atoms. The molecule has 1 aromatic carbocycles. The molecule has 0 saturated carbocycles. The third-order valence-electron chi connectivity index (χ3n) is 1.36. The maximum atomic E-state index is 9.14. The normalized spacial score (nSPS) is 9.80. The molecule has 0 spiro atoms. The summed E-state index contributed by atoms with van der Waals surface area (Å²) in [6.07, 6.45) is 0. The molecule has 0 atom stereocenters. The fourth-order valence-electron chi connectivity index (χ4n) is 0.798. The van der Waals surface area contributed by atoms with E-state index >= 15 is 0 Å². The molecule has 0 aromatic heterocycles. The second-order valence-corrected chi connectivity index (χ2v) is 2.80. The molecule has 0 saturated heterocycles. The summed E-state index contributed by atoms with van der Waals surface area (Å²) < 4.78 is 0. The molecular formula is C7H8O2Si. The maximum Gasteiger partial charge on any atom is 0.269 e. The smallest absolute Gasteiger partial charge is 0.269 e. The number of hydrogen-bond acceptors (Lipinski definition) is 2. The van der Waals surface area contributed by atoms with Gasteiger partial charge >= 0.3 is 0 Å². The van der Waals surface area contributed by atoms with Crippen molar-refractivity contribution in [2.75, 3.05) is 0 Å². The lowest BCUT2D eigenvalue weighted by Crippen LogP contribution is -2.16. The Balaban J connectivity index is 3.17. The fourth-order valence-corrected chi connectivity index (χ4v) is 1.26. The van der Waals surface area contributed by atoms with Crippen molar-refractivity contribution >= 4 is 14.9 Å². The fraction of sp³-hybridized carbons (Fsp3) is 0.143. The monoisotopic (exact) mass is 152 g/mol. The number of phenolic OH excluding ortho intramolecular Hbond substituents is 1. The van der Waals surface area contributed by atoms with E-state index in [1.165, 1.54) is 0 Å². The molecule has 2 nitrogen and oxygen atoms in total. The highest BCUT2D eigenvalue weighted by Crippen LogP contribution is 2.05. The van der Waals surface area contributed by atoms with E-state index in [1.54, 1.807) is 12.1 Å². The molecule has 2 N–H and O–H groups in total. The first-order chi connectivity index (χ1) is 4.75. The Morgan fingerprint density at radius 3 is 2.50 bits per heavy atom. The van der Waals surface area contributed by atoms with Gasteiger partial charge in [-0.15, -0.1) is 0 Å². The Hall–Kier alpha value is -0.803. The molecular weight excluding hydrogens is 144 g/mol. The topological polar surface area (TPSA) is 40.5 Å². The van der Waals surface area contributed by atoms with E-state index in [1.807, 2.05) is 13.0 Å². The zero-order chi connectivity index (χ0) is 7.56. The van der Waals surface area contributed by atoms with E-state index in [0.29, 0.717) is 5.19 Å². The van der Waals surface area contributed by atoms with Crippen LogP contribution in [0.5, 0.6) is 5.75 Å². The van der Waals surface area contributed by atoms with Crippen LogP contribution in [0.1, 0.15) is 5.56 Å².